The third-order valence-corrected chi connectivity index (χ3v) is 2.43. The average Bonchev–Trinajstić information content (AvgIpc) is 2.51. The van der Waals surface area contributed by atoms with Crippen molar-refractivity contribution in [1.29, 1.82) is 0 Å². The minimum Gasteiger partial charge on any atom is -0.490 e. The molecule has 1 aromatic carbocycles. The molecule has 18 heavy (non-hydrogen) atoms. The molecule has 0 aromatic heterocycles. The molecule has 1 amide bonds. The molecule has 6 heteroatoms. The molecule has 1 aliphatic rings. The molecule has 2 N–H and O–H groups in total. The number of aromatic carboxylic acids is 1. The lowest BCUT2D eigenvalue weighted by Crippen LogP contribution is -2.11. The Morgan fingerprint density at radius 3 is 2.39 bits per heavy atom. The van der Waals surface area contributed by atoms with E-state index < -0.39 is 5.97 Å². The van der Waals surface area contributed by atoms with Crippen LogP contribution in [-0.2, 0) is 4.79 Å². The van der Waals surface area contributed by atoms with E-state index >= 15 is 0 Å². The normalized spacial score (nSPS) is 13.6. The quantitative estimate of drug-likeness (QED) is 0.832. The predicted octanol–water partition coefficient (Wildman–Crippen LogP) is 1.50. The molecule has 1 heterocycles. The highest BCUT2D eigenvalue weighted by molar-refractivity contribution is 6.00. The molecule has 2 rings (SSSR count). The number of amides is 1. The van der Waals surface area contributed by atoms with Crippen LogP contribution < -0.4 is 14.8 Å². The van der Waals surface area contributed by atoms with Gasteiger partial charge in [0.1, 0.15) is 0 Å². The van der Waals surface area contributed by atoms with Gasteiger partial charge >= 0.3 is 5.97 Å². The zero-order valence-corrected chi connectivity index (χ0v) is 9.86. The van der Waals surface area contributed by atoms with E-state index in [1.54, 1.807) is 0 Å². The van der Waals surface area contributed by atoms with Crippen molar-refractivity contribution in [2.24, 2.45) is 0 Å². The lowest BCUT2D eigenvalue weighted by atomic mass is 10.1. The molecule has 0 spiro atoms. The Bertz CT molecular complexity index is 497. The summed E-state index contributed by atoms with van der Waals surface area (Å²) < 4.78 is 10.8. The third-order valence-electron chi connectivity index (χ3n) is 2.43. The van der Waals surface area contributed by atoms with Crippen LogP contribution in [0.4, 0.5) is 5.69 Å². The van der Waals surface area contributed by atoms with Gasteiger partial charge in [0.15, 0.2) is 11.5 Å². The fourth-order valence-corrected chi connectivity index (χ4v) is 1.68. The second-order valence-electron chi connectivity index (χ2n) is 3.88. The van der Waals surface area contributed by atoms with Crippen LogP contribution in [0.5, 0.6) is 11.5 Å². The third kappa shape index (κ3) is 2.53. The van der Waals surface area contributed by atoms with E-state index in [0.717, 1.165) is 6.42 Å². The minimum absolute atomic E-state index is 0.0190. The highest BCUT2D eigenvalue weighted by atomic mass is 16.5. The van der Waals surface area contributed by atoms with E-state index in [-0.39, 0.29) is 17.2 Å². The summed E-state index contributed by atoms with van der Waals surface area (Å²) >= 11 is 0. The first kappa shape index (κ1) is 12.2. The number of carbonyl (C=O) groups excluding carboxylic acids is 1. The second kappa shape index (κ2) is 4.95. The summed E-state index contributed by atoms with van der Waals surface area (Å²) in [5.74, 6) is -0.637. The largest absolute Gasteiger partial charge is 0.490 e. The highest BCUT2D eigenvalue weighted by Crippen LogP contribution is 2.35. The molecular weight excluding hydrogens is 238 g/mol. The Balaban J connectivity index is 2.47. The molecular formula is C12H13NO5. The van der Waals surface area contributed by atoms with Crippen molar-refractivity contribution in [3.63, 3.8) is 0 Å². The van der Waals surface area contributed by atoms with Crippen LogP contribution in [0.1, 0.15) is 23.7 Å². The molecule has 0 saturated carbocycles. The number of carboxylic acid groups (broad SMARTS) is 1. The summed E-state index contributed by atoms with van der Waals surface area (Å²) in [6.07, 6.45) is 0.729. The average molecular weight is 251 g/mol. The van der Waals surface area contributed by atoms with Crippen molar-refractivity contribution in [3.05, 3.63) is 17.7 Å². The molecule has 0 aliphatic carbocycles. The van der Waals surface area contributed by atoms with Crippen molar-refractivity contribution in [1.82, 2.24) is 0 Å². The molecule has 1 aromatic rings. The van der Waals surface area contributed by atoms with E-state index in [4.69, 9.17) is 14.6 Å². The van der Waals surface area contributed by atoms with Crippen molar-refractivity contribution in [2.45, 2.75) is 13.3 Å². The SMILES string of the molecule is CC(=O)Nc1cc2c(cc1C(=O)O)OCCCO2. The first-order valence-corrected chi connectivity index (χ1v) is 5.52. The van der Waals surface area contributed by atoms with Gasteiger partial charge in [-0.2, -0.15) is 0 Å². The van der Waals surface area contributed by atoms with Gasteiger partial charge in [0.05, 0.1) is 24.5 Å². The van der Waals surface area contributed by atoms with Gasteiger partial charge in [-0.15, -0.1) is 0 Å². The standard InChI is InChI=1S/C12H13NO5/c1-7(14)13-9-6-11-10(5-8(9)12(15)16)17-3-2-4-18-11/h5-6H,2-4H2,1H3,(H,13,14)(H,15,16). The van der Waals surface area contributed by atoms with Crippen LogP contribution in [0.2, 0.25) is 0 Å². The summed E-state index contributed by atoms with van der Waals surface area (Å²) in [4.78, 5) is 22.2. The molecule has 0 bridgehead atoms. The van der Waals surface area contributed by atoms with Gasteiger partial charge in [0.2, 0.25) is 5.91 Å². The summed E-state index contributed by atoms with van der Waals surface area (Å²) in [6.45, 7) is 2.29. The molecule has 0 fully saturated rings. The summed E-state index contributed by atoms with van der Waals surface area (Å²) in [6, 6.07) is 2.85. The zero-order valence-electron chi connectivity index (χ0n) is 9.86. The Labute approximate surface area is 104 Å². The van der Waals surface area contributed by atoms with Gasteiger partial charge in [0, 0.05) is 25.5 Å². The number of rotatable bonds is 2. The van der Waals surface area contributed by atoms with Crippen LogP contribution >= 0.6 is 0 Å². The number of hydrogen-bond acceptors (Lipinski definition) is 4. The topological polar surface area (TPSA) is 84.9 Å². The van der Waals surface area contributed by atoms with Crippen molar-refractivity contribution < 1.29 is 24.2 Å². The molecule has 0 radical (unpaired) electrons. The van der Waals surface area contributed by atoms with Gasteiger partial charge < -0.3 is 19.9 Å². The zero-order chi connectivity index (χ0) is 13.1. The van der Waals surface area contributed by atoms with Crippen LogP contribution in [-0.4, -0.2) is 30.2 Å². The van der Waals surface area contributed by atoms with Crippen molar-refractivity contribution >= 4 is 17.6 Å². The molecule has 0 saturated heterocycles. The van der Waals surface area contributed by atoms with Crippen LogP contribution in [0, 0.1) is 0 Å². The summed E-state index contributed by atoms with van der Waals surface area (Å²) in [5.41, 5.74) is 0.189. The van der Waals surface area contributed by atoms with Crippen LogP contribution in [0.3, 0.4) is 0 Å². The maximum atomic E-state index is 11.1. The lowest BCUT2D eigenvalue weighted by Gasteiger charge is -2.12. The number of carbonyl (C=O) groups is 2. The first-order valence-electron chi connectivity index (χ1n) is 5.52. The fourth-order valence-electron chi connectivity index (χ4n) is 1.68. The predicted molar refractivity (Wildman–Crippen MR) is 63.3 cm³/mol. The lowest BCUT2D eigenvalue weighted by molar-refractivity contribution is -0.114. The van der Waals surface area contributed by atoms with E-state index in [2.05, 4.69) is 5.32 Å². The number of benzene rings is 1. The molecule has 6 nitrogen and oxygen atoms in total. The number of carboxylic acids is 1. The number of anilines is 1. The van der Waals surface area contributed by atoms with Gasteiger partial charge in [-0.05, 0) is 0 Å². The number of fused-ring (bicyclic) bond motifs is 1. The molecule has 96 valence electrons. The van der Waals surface area contributed by atoms with Gasteiger partial charge in [0.25, 0.3) is 0 Å². The fraction of sp³-hybridized carbons (Fsp3) is 0.333. The second-order valence-corrected chi connectivity index (χ2v) is 3.88. The smallest absolute Gasteiger partial charge is 0.337 e. The summed E-state index contributed by atoms with van der Waals surface area (Å²) in [5, 5.41) is 11.6. The Morgan fingerprint density at radius 2 is 1.83 bits per heavy atom. The van der Waals surface area contributed by atoms with Gasteiger partial charge in [-0.25, -0.2) is 4.79 Å². The number of hydrogen-bond donors (Lipinski definition) is 2. The van der Waals surface area contributed by atoms with Gasteiger partial charge in [-0.3, -0.25) is 4.79 Å². The minimum atomic E-state index is -1.13. The van der Waals surface area contributed by atoms with Crippen molar-refractivity contribution in [2.75, 3.05) is 18.5 Å². The maximum Gasteiger partial charge on any atom is 0.337 e. The highest BCUT2D eigenvalue weighted by Gasteiger charge is 2.19. The van der Waals surface area contributed by atoms with Crippen molar-refractivity contribution in [3.8, 4) is 11.5 Å². The molecule has 0 atom stereocenters. The van der Waals surface area contributed by atoms with E-state index in [9.17, 15) is 9.59 Å². The van der Waals surface area contributed by atoms with E-state index in [1.165, 1.54) is 19.1 Å². The summed E-state index contributed by atoms with van der Waals surface area (Å²) in [7, 11) is 0. The van der Waals surface area contributed by atoms with E-state index in [0.29, 0.717) is 24.7 Å². The monoisotopic (exact) mass is 251 g/mol. The Kier molecular flexibility index (Phi) is 3.36. The number of ether oxygens (including phenoxy) is 2. The first-order chi connectivity index (χ1) is 8.58. The maximum absolute atomic E-state index is 11.1. The molecule has 1 aliphatic heterocycles. The number of nitrogens with one attached hydrogen (secondary N) is 1. The Morgan fingerprint density at radius 1 is 1.22 bits per heavy atom. The van der Waals surface area contributed by atoms with Gasteiger partial charge in [-0.1, -0.05) is 0 Å². The molecule has 0 unspecified atom stereocenters. The van der Waals surface area contributed by atoms with Crippen LogP contribution in [0.15, 0.2) is 12.1 Å². The van der Waals surface area contributed by atoms with Crippen LogP contribution in [0.25, 0.3) is 0 Å². The van der Waals surface area contributed by atoms with E-state index in [1.807, 2.05) is 0 Å². The Hall–Kier alpha value is -2.24.